The van der Waals surface area contributed by atoms with Crippen molar-refractivity contribution in [2.75, 3.05) is 7.11 Å². The molecule has 0 aliphatic carbocycles. The summed E-state index contributed by atoms with van der Waals surface area (Å²) in [7, 11) is -0.219. The Balaban J connectivity index is 3.01. The zero-order valence-corrected chi connectivity index (χ0v) is 7.60. The van der Waals surface area contributed by atoms with Gasteiger partial charge in [-0.25, -0.2) is 0 Å². The maximum atomic E-state index is 10.8. The lowest BCUT2D eigenvalue weighted by Gasteiger charge is -1.94. The van der Waals surface area contributed by atoms with Crippen molar-refractivity contribution in [1.82, 2.24) is 0 Å². The van der Waals surface area contributed by atoms with E-state index in [-0.39, 0.29) is 0 Å². The fraction of sp³-hybridized carbons (Fsp3) is 0.143. The average molecular weight is 190 g/mol. The Morgan fingerprint density at radius 2 is 2.27 bits per heavy atom. The van der Waals surface area contributed by atoms with E-state index in [0.29, 0.717) is 11.1 Å². The van der Waals surface area contributed by atoms with Crippen LogP contribution in [0.5, 0.6) is 5.75 Å². The summed E-state index contributed by atoms with van der Waals surface area (Å²) in [6, 6.07) is 6.89. The summed E-state index contributed by atoms with van der Waals surface area (Å²) in [6.07, 6.45) is 0. The van der Waals surface area contributed by atoms with Crippen LogP contribution in [-0.4, -0.2) is 7.11 Å². The van der Waals surface area contributed by atoms with Gasteiger partial charge >= 0.3 is 7.15 Å². The number of hydrogen-bond acceptors (Lipinski definition) is 2. The number of ether oxygens (including phenoxy) is 1. The van der Waals surface area contributed by atoms with E-state index < -0.39 is 7.15 Å². The summed E-state index contributed by atoms with van der Waals surface area (Å²) in [5, 5.41) is 0.598. The molecule has 0 radical (unpaired) electrons. The lowest BCUT2D eigenvalue weighted by atomic mass is 10.3. The predicted molar refractivity (Wildman–Crippen MR) is 46.1 cm³/mol. The Kier molecular flexibility index (Phi) is 2.86. The molecule has 4 heteroatoms. The fourth-order valence-corrected chi connectivity index (χ4v) is 1.47. The number of halogens is 1. The molecule has 1 rings (SSSR count). The van der Waals surface area contributed by atoms with Crippen molar-refractivity contribution in [3.63, 3.8) is 0 Å². The smallest absolute Gasteiger partial charge is 0.494 e. The molecular formula is C7H7ClO2P+. The largest absolute Gasteiger partial charge is 0.497 e. The SMILES string of the molecule is COc1cccc([P+](=O)Cl)c1. The van der Waals surface area contributed by atoms with Crippen LogP contribution in [0, 0.1) is 0 Å². The second kappa shape index (κ2) is 3.70. The second-order valence-electron chi connectivity index (χ2n) is 1.95. The van der Waals surface area contributed by atoms with Crippen molar-refractivity contribution in [3.8, 4) is 5.75 Å². The summed E-state index contributed by atoms with van der Waals surface area (Å²) >= 11 is 5.39. The predicted octanol–water partition coefficient (Wildman–Crippen LogP) is 2.30. The van der Waals surface area contributed by atoms with Crippen LogP contribution < -0.4 is 10.0 Å². The lowest BCUT2D eigenvalue weighted by Crippen LogP contribution is -1.93. The van der Waals surface area contributed by atoms with Crippen LogP contribution in [0.25, 0.3) is 0 Å². The van der Waals surface area contributed by atoms with Crippen molar-refractivity contribution in [2.24, 2.45) is 0 Å². The summed E-state index contributed by atoms with van der Waals surface area (Å²) < 4.78 is 15.7. The van der Waals surface area contributed by atoms with Crippen molar-refractivity contribution in [3.05, 3.63) is 24.3 Å². The van der Waals surface area contributed by atoms with Gasteiger partial charge in [0.15, 0.2) is 0 Å². The molecule has 0 aliphatic heterocycles. The zero-order chi connectivity index (χ0) is 8.27. The van der Waals surface area contributed by atoms with Gasteiger partial charge in [-0.2, -0.15) is 0 Å². The summed E-state index contributed by atoms with van der Waals surface area (Å²) in [4.78, 5) is 0. The van der Waals surface area contributed by atoms with E-state index in [1.807, 2.05) is 0 Å². The first-order chi connectivity index (χ1) is 5.24. The van der Waals surface area contributed by atoms with E-state index in [1.54, 1.807) is 31.4 Å². The van der Waals surface area contributed by atoms with Gasteiger partial charge < -0.3 is 4.74 Å². The zero-order valence-electron chi connectivity index (χ0n) is 5.95. The first-order valence-electron chi connectivity index (χ1n) is 3.01. The van der Waals surface area contributed by atoms with Gasteiger partial charge in [-0.05, 0) is 16.7 Å². The summed E-state index contributed by atoms with van der Waals surface area (Å²) in [6.45, 7) is 0. The van der Waals surface area contributed by atoms with Crippen LogP contribution in [-0.2, 0) is 4.57 Å². The van der Waals surface area contributed by atoms with Crippen molar-refractivity contribution >= 4 is 23.7 Å². The van der Waals surface area contributed by atoms with E-state index in [1.165, 1.54) is 0 Å². The van der Waals surface area contributed by atoms with Crippen LogP contribution in [0.4, 0.5) is 0 Å². The highest BCUT2D eigenvalue weighted by Crippen LogP contribution is 2.26. The number of methoxy groups -OCH3 is 1. The Hall–Kier alpha value is -0.590. The maximum Gasteiger partial charge on any atom is 0.494 e. The maximum absolute atomic E-state index is 10.8. The molecule has 0 aromatic heterocycles. The molecule has 0 fully saturated rings. The van der Waals surface area contributed by atoms with Gasteiger partial charge in [0.2, 0.25) is 16.5 Å². The summed E-state index contributed by atoms with van der Waals surface area (Å²) in [5.41, 5.74) is 0. The fourth-order valence-electron chi connectivity index (χ4n) is 0.720. The molecule has 0 amide bonds. The van der Waals surface area contributed by atoms with E-state index in [9.17, 15) is 4.57 Å². The van der Waals surface area contributed by atoms with Crippen LogP contribution in [0.1, 0.15) is 0 Å². The molecule has 1 unspecified atom stereocenters. The third-order valence-corrected chi connectivity index (χ3v) is 2.53. The number of rotatable bonds is 2. The Bertz CT molecular complexity index is 275. The van der Waals surface area contributed by atoms with Crippen molar-refractivity contribution < 1.29 is 9.30 Å². The van der Waals surface area contributed by atoms with Crippen LogP contribution in [0.15, 0.2) is 24.3 Å². The molecule has 0 bridgehead atoms. The minimum atomic E-state index is -1.78. The molecule has 1 atom stereocenters. The van der Waals surface area contributed by atoms with Gasteiger partial charge in [-0.1, -0.05) is 6.07 Å². The number of benzene rings is 1. The normalized spacial score (nSPS) is 10.9. The molecule has 11 heavy (non-hydrogen) atoms. The third-order valence-electron chi connectivity index (χ3n) is 1.26. The molecular weight excluding hydrogens is 183 g/mol. The first kappa shape index (κ1) is 8.51. The Morgan fingerprint density at radius 3 is 2.82 bits per heavy atom. The molecule has 58 valence electrons. The monoisotopic (exact) mass is 189 g/mol. The van der Waals surface area contributed by atoms with Gasteiger partial charge in [0, 0.05) is 6.07 Å². The van der Waals surface area contributed by atoms with Crippen LogP contribution in [0.3, 0.4) is 0 Å². The molecule has 1 aromatic rings. The molecule has 0 heterocycles. The molecule has 1 aromatic carbocycles. The quantitative estimate of drug-likeness (QED) is 0.668. The van der Waals surface area contributed by atoms with Crippen LogP contribution >= 0.6 is 18.4 Å². The van der Waals surface area contributed by atoms with Crippen LogP contribution in [0.2, 0.25) is 0 Å². The van der Waals surface area contributed by atoms with E-state index in [2.05, 4.69) is 0 Å². The molecule has 0 saturated carbocycles. The second-order valence-corrected chi connectivity index (χ2v) is 3.87. The molecule has 0 N–H and O–H groups in total. The van der Waals surface area contributed by atoms with Gasteiger partial charge in [0.05, 0.1) is 7.11 Å². The minimum absolute atomic E-state index is 0.598. The standard InChI is InChI=1S/C7H7ClO2P/c1-10-6-3-2-4-7(5-6)11(8)9/h2-5H,1H3/q+1. The molecule has 2 nitrogen and oxygen atoms in total. The van der Waals surface area contributed by atoms with Crippen molar-refractivity contribution in [2.45, 2.75) is 0 Å². The molecule has 0 spiro atoms. The summed E-state index contributed by atoms with van der Waals surface area (Å²) in [5.74, 6) is 0.673. The first-order valence-corrected chi connectivity index (χ1v) is 5.17. The molecule has 0 saturated heterocycles. The van der Waals surface area contributed by atoms with Gasteiger partial charge in [0.25, 0.3) is 0 Å². The Labute approximate surface area is 70.7 Å². The van der Waals surface area contributed by atoms with Gasteiger partial charge in [-0.3, -0.25) is 0 Å². The highest BCUT2D eigenvalue weighted by molar-refractivity contribution is 7.80. The highest BCUT2D eigenvalue weighted by Gasteiger charge is 2.16. The van der Waals surface area contributed by atoms with Gasteiger partial charge in [0.1, 0.15) is 5.75 Å². The third kappa shape index (κ3) is 2.18. The lowest BCUT2D eigenvalue weighted by molar-refractivity contribution is 0.415. The van der Waals surface area contributed by atoms with Crippen molar-refractivity contribution in [1.29, 1.82) is 0 Å². The average Bonchev–Trinajstić information content (AvgIpc) is 2.05. The van der Waals surface area contributed by atoms with E-state index in [4.69, 9.17) is 16.0 Å². The Morgan fingerprint density at radius 1 is 1.55 bits per heavy atom. The topological polar surface area (TPSA) is 26.3 Å². The molecule has 0 aliphatic rings. The number of hydrogen-bond donors (Lipinski definition) is 0. The highest BCUT2D eigenvalue weighted by atomic mass is 35.7. The van der Waals surface area contributed by atoms with E-state index in [0.717, 1.165) is 0 Å². The minimum Gasteiger partial charge on any atom is -0.497 e. The van der Waals surface area contributed by atoms with E-state index >= 15 is 0 Å². The van der Waals surface area contributed by atoms with Gasteiger partial charge in [-0.15, -0.1) is 0 Å².